The van der Waals surface area contributed by atoms with Crippen molar-refractivity contribution in [2.24, 2.45) is 29.6 Å². The molecule has 4 heterocycles. The maximum Gasteiger partial charge on any atom is 0.329 e. The first-order chi connectivity index (χ1) is 50.8. The van der Waals surface area contributed by atoms with Gasteiger partial charge in [0.1, 0.15) is 24.0 Å². The number of nitrogens with one attached hydrogen (secondary N) is 3. The van der Waals surface area contributed by atoms with Crippen LogP contribution in [0.4, 0.5) is 5.69 Å². The molecule has 9 rings (SSSR count). The third-order valence-corrected chi connectivity index (χ3v) is 24.2. The Bertz CT molecular complexity index is 3460. The van der Waals surface area contributed by atoms with Crippen molar-refractivity contribution >= 4 is 58.7 Å². The van der Waals surface area contributed by atoms with Gasteiger partial charge < -0.3 is 59.9 Å². The number of aliphatic hydroxyl groups excluding tert-OH is 2. The molecule has 6 N–H and O–H groups in total. The van der Waals surface area contributed by atoms with Crippen LogP contribution in [0.3, 0.4) is 0 Å². The fraction of sp³-hybridized carbons (Fsp3) is 0.659. The zero-order valence-corrected chi connectivity index (χ0v) is 66.5. The van der Waals surface area contributed by atoms with Crippen molar-refractivity contribution in [1.29, 1.82) is 5.41 Å². The number of thioether (sulfide) groups is 1. The number of piperidine rings is 1. The van der Waals surface area contributed by atoms with Crippen molar-refractivity contribution in [1.82, 2.24) is 20.0 Å². The average Bonchev–Trinajstić information content (AvgIpc) is 0.727. The molecule has 7 aliphatic rings. The van der Waals surface area contributed by atoms with Gasteiger partial charge in [-0.2, -0.15) is 11.8 Å². The minimum atomic E-state index is -2.55. The third kappa shape index (κ3) is 22.8. The van der Waals surface area contributed by atoms with E-state index in [0.717, 1.165) is 128 Å². The molecule has 2 bridgehead atoms. The number of ketones is 4. The molecule has 0 spiro atoms. The second-order valence-electron chi connectivity index (χ2n) is 31.2. The highest BCUT2D eigenvalue weighted by Crippen LogP contribution is 2.41. The SMILES string of the molecule is C=C(CCSCCC[C@@H]1/C=C(\C)C[C@H](C)C[C@H](OC)[C@H]2O[C@@](O)(C(=O)C(=O)N3CCCC[C@H]3C(=O)O[C@H](/C(C)=C/[C@@H]3CC[C@@H](O)[C@H](OC)C3)[C@H](C)[C@@H](O)CC1=O)[C@H](C)C[C@@H]2OC)NCN1CCN(Cc2ccc(-c3cc(NC4CCCC4)c(C=N)c(C(=O)CCC4=C(C)C=C(C)CC4=O)c3)cc2)CC1.CC. The van der Waals surface area contributed by atoms with Crippen LogP contribution in [0.5, 0.6) is 0 Å². The molecular formula is C85H126N6O14S. The van der Waals surface area contributed by atoms with Crippen LogP contribution in [0.1, 0.15) is 212 Å². The number of amides is 1. The van der Waals surface area contributed by atoms with Crippen molar-refractivity contribution in [2.75, 3.05) is 77.5 Å². The molecule has 5 fully saturated rings. The fourth-order valence-electron chi connectivity index (χ4n) is 16.9. The van der Waals surface area contributed by atoms with Crippen molar-refractivity contribution in [3.63, 3.8) is 0 Å². The van der Waals surface area contributed by atoms with Crippen LogP contribution in [0.2, 0.25) is 0 Å². The zero-order chi connectivity index (χ0) is 76.9. The number of hydrogen-bond donors (Lipinski definition) is 6. The Labute approximate surface area is 636 Å². The Hall–Kier alpha value is -5.98. The Morgan fingerprint density at radius 2 is 1.47 bits per heavy atom. The quantitative estimate of drug-likeness (QED) is 0.0135. The molecular weight excluding hydrogens is 1360 g/mol. The minimum Gasteiger partial charge on any atom is -0.456 e. The van der Waals surface area contributed by atoms with E-state index in [-0.39, 0.29) is 61.4 Å². The fourth-order valence-corrected chi connectivity index (χ4v) is 17.8. The molecule has 2 aromatic rings. The summed E-state index contributed by atoms with van der Waals surface area (Å²) in [5, 5.41) is 51.0. The van der Waals surface area contributed by atoms with E-state index in [1.807, 2.05) is 77.6 Å². The number of Topliss-reactive ketones (excluding diaryl/α,β-unsaturated/α-hetero) is 4. The first kappa shape index (κ1) is 85.6. The molecule has 14 atom stereocenters. The maximum atomic E-state index is 14.8. The number of carbonyl (C=O) groups is 6. The summed E-state index contributed by atoms with van der Waals surface area (Å²) in [6, 6.07) is 11.7. The van der Waals surface area contributed by atoms with Gasteiger partial charge in [-0.15, -0.1) is 0 Å². The number of anilines is 1. The van der Waals surface area contributed by atoms with Crippen molar-refractivity contribution in [3.8, 4) is 11.1 Å². The van der Waals surface area contributed by atoms with Crippen LogP contribution in [0.25, 0.3) is 11.1 Å². The number of esters is 1. The van der Waals surface area contributed by atoms with Gasteiger partial charge in [-0.1, -0.05) is 108 Å². The van der Waals surface area contributed by atoms with Gasteiger partial charge in [0, 0.05) is 132 Å². The summed E-state index contributed by atoms with van der Waals surface area (Å²) in [5.41, 5.74) is 10.3. The molecule has 0 unspecified atom stereocenters. The largest absolute Gasteiger partial charge is 0.456 e. The molecule has 586 valence electrons. The van der Waals surface area contributed by atoms with Crippen LogP contribution < -0.4 is 10.6 Å². The van der Waals surface area contributed by atoms with E-state index in [9.17, 15) is 44.1 Å². The van der Waals surface area contributed by atoms with Crippen LogP contribution in [0.15, 0.2) is 94.8 Å². The lowest BCUT2D eigenvalue weighted by atomic mass is 9.81. The molecule has 0 aromatic heterocycles. The van der Waals surface area contributed by atoms with Crippen molar-refractivity contribution in [2.45, 2.75) is 258 Å². The molecule has 21 heteroatoms. The minimum absolute atomic E-state index is 0.0296. The third-order valence-electron chi connectivity index (χ3n) is 23.2. The van der Waals surface area contributed by atoms with Gasteiger partial charge in [0.25, 0.3) is 11.7 Å². The number of allylic oxidation sites excluding steroid dienone is 8. The number of aliphatic hydroxyl groups is 3. The highest BCUT2D eigenvalue weighted by atomic mass is 32.2. The number of methoxy groups -OCH3 is 3. The van der Waals surface area contributed by atoms with Gasteiger partial charge in [-0.25, -0.2) is 4.79 Å². The second kappa shape index (κ2) is 41.2. The number of ether oxygens (including phenoxy) is 5. The van der Waals surface area contributed by atoms with Crippen molar-refractivity contribution in [3.05, 3.63) is 111 Å². The Kier molecular flexibility index (Phi) is 33.3. The maximum absolute atomic E-state index is 14.8. The summed E-state index contributed by atoms with van der Waals surface area (Å²) >= 11 is 1.82. The monoisotopic (exact) mass is 1490 g/mol. The highest BCUT2D eigenvalue weighted by molar-refractivity contribution is 7.99. The lowest BCUT2D eigenvalue weighted by Gasteiger charge is -2.47. The number of piperazine rings is 1. The highest BCUT2D eigenvalue weighted by Gasteiger charge is 2.57. The van der Waals surface area contributed by atoms with E-state index >= 15 is 0 Å². The summed E-state index contributed by atoms with van der Waals surface area (Å²) < 4.78 is 30.5. The number of rotatable bonds is 25. The summed E-state index contributed by atoms with van der Waals surface area (Å²) in [4.78, 5) is 91.8. The van der Waals surface area contributed by atoms with Gasteiger partial charge in [0.2, 0.25) is 5.79 Å². The molecule has 2 aromatic carbocycles. The number of carbonyl (C=O) groups excluding carboxylic acids is 6. The van der Waals surface area contributed by atoms with E-state index in [1.165, 1.54) is 16.7 Å². The summed E-state index contributed by atoms with van der Waals surface area (Å²) in [5.74, 6) is -6.23. The predicted octanol–water partition coefficient (Wildman–Crippen LogP) is 13.1. The number of cyclic esters (lactones) is 1. The van der Waals surface area contributed by atoms with Crippen LogP contribution in [-0.4, -0.2) is 204 Å². The molecule has 106 heavy (non-hydrogen) atoms. The van der Waals surface area contributed by atoms with E-state index < -0.39 is 90.0 Å². The predicted molar refractivity (Wildman–Crippen MR) is 420 cm³/mol. The molecule has 1 amide bonds. The van der Waals surface area contributed by atoms with Crippen molar-refractivity contribution < 1.29 is 67.8 Å². The number of fused-ring (bicyclic) bond motifs is 3. The van der Waals surface area contributed by atoms with Crippen LogP contribution in [0, 0.1) is 35.0 Å². The first-order valence-electron chi connectivity index (χ1n) is 39.5. The van der Waals surface area contributed by atoms with Crippen LogP contribution >= 0.6 is 11.8 Å². The van der Waals surface area contributed by atoms with E-state index in [4.69, 9.17) is 29.1 Å². The van der Waals surface area contributed by atoms with Crippen LogP contribution in [-0.2, 0) is 54.2 Å². The standard InChI is InChI=1S/C83H120N6O14S.C2H6/c1-51-37-52(2)41-76(100-10)79-77(101-11)43-56(6)83(98,103-79)80(95)81(96)89-30-15-14-20-69(89)82(97)102-78(55(5)42-60-23-27-71(91)75(44-60)99-9)58(8)72(92)47-73(93)62(39-51)17-16-35-104-36-29-57(7)85-50-88-33-31-87(32-34-88)49-59-21-24-61(25-22-59)63-45-66(67(48-84)68(46-63)86-64-18-12-13-19-64)70(90)28-26-65-54(4)38-53(3)40-74(65)94;1-2/h21-22,24-25,38-39,42,45-46,48,52,56,58,60,62,64,69,71-72,75-79,84-86,91-92,98H,7,12-20,23,26-37,40-41,43-44,47,49-50H2,1-6,8-11H3;1-2H3/b51-39+,55-42+,84-48?;/t52-,56+,58+,60-,62+,69-,71+,72-,75+,76-,77-,78+,79+,83+;/m0./s1. The number of benzene rings is 2. The summed E-state index contributed by atoms with van der Waals surface area (Å²) in [6.07, 6.45) is 13.4. The molecule has 2 saturated carbocycles. The summed E-state index contributed by atoms with van der Waals surface area (Å²) in [7, 11) is 4.66. The van der Waals surface area contributed by atoms with Gasteiger partial charge in [0.05, 0.1) is 37.2 Å². The van der Waals surface area contributed by atoms with E-state index in [2.05, 4.69) is 64.3 Å². The smallest absolute Gasteiger partial charge is 0.329 e. The molecule has 0 radical (unpaired) electrons. The zero-order valence-electron chi connectivity index (χ0n) is 65.7. The van der Waals surface area contributed by atoms with Gasteiger partial charge >= 0.3 is 5.97 Å². The molecule has 20 nitrogen and oxygen atoms in total. The molecule has 3 saturated heterocycles. The lowest BCUT2D eigenvalue weighted by molar-refractivity contribution is -0.302. The van der Waals surface area contributed by atoms with E-state index in [1.54, 1.807) is 35.2 Å². The Balaban J connectivity index is 0.00000703. The lowest BCUT2D eigenvalue weighted by Crippen LogP contribution is -2.64. The van der Waals surface area contributed by atoms with Gasteiger partial charge in [0.15, 0.2) is 11.6 Å². The summed E-state index contributed by atoms with van der Waals surface area (Å²) in [6.45, 7) is 26.9. The molecule has 3 aliphatic carbocycles. The van der Waals surface area contributed by atoms with E-state index in [0.29, 0.717) is 93.6 Å². The van der Waals surface area contributed by atoms with Gasteiger partial charge in [-0.05, 0) is 193 Å². The number of nitrogens with zero attached hydrogens (tertiary/aromatic N) is 3. The Morgan fingerprint density at radius 3 is 2.15 bits per heavy atom. The average molecular weight is 1490 g/mol. The normalized spacial score (nSPS) is 30.3. The number of hydrogen-bond acceptors (Lipinski definition) is 20. The Morgan fingerprint density at radius 1 is 0.792 bits per heavy atom. The first-order valence-corrected chi connectivity index (χ1v) is 40.7. The topological polar surface area (TPSA) is 267 Å². The second-order valence-corrected chi connectivity index (χ2v) is 32.4. The van der Waals surface area contributed by atoms with Gasteiger partial charge in [-0.3, -0.25) is 33.8 Å². The molecule has 4 aliphatic heterocycles.